The monoisotopic (exact) mass is 211 g/mol. The molecule has 0 aliphatic rings. The van der Waals surface area contributed by atoms with Crippen molar-refractivity contribution in [3.63, 3.8) is 0 Å². The number of nitrogens with one attached hydrogen (secondary N) is 1. The molecule has 2 N–H and O–H groups in total. The molecule has 0 atom stereocenters. The number of pyridine rings is 1. The first-order valence-corrected chi connectivity index (χ1v) is 3.99. The Kier molecular flexibility index (Phi) is 2.89. The first-order chi connectivity index (χ1) is 6.54. The Morgan fingerprint density at radius 2 is 2.43 bits per heavy atom. The van der Waals surface area contributed by atoms with E-state index in [4.69, 9.17) is 22.0 Å². The van der Waals surface area contributed by atoms with Gasteiger partial charge in [-0.1, -0.05) is 11.6 Å². The third-order valence-electron chi connectivity index (χ3n) is 1.52. The van der Waals surface area contributed by atoms with Gasteiger partial charge >= 0.3 is 6.09 Å². The highest BCUT2D eigenvalue weighted by molar-refractivity contribution is 6.30. The van der Waals surface area contributed by atoms with Crippen LogP contribution < -0.4 is 5.32 Å². The summed E-state index contributed by atoms with van der Waals surface area (Å²) < 4.78 is 0. The summed E-state index contributed by atoms with van der Waals surface area (Å²) in [6.07, 6.45) is -1.22. The Morgan fingerprint density at radius 1 is 1.79 bits per heavy atom. The molecular formula is C8H6ClN3O2. The van der Waals surface area contributed by atoms with Gasteiger partial charge in [-0.15, -0.1) is 0 Å². The number of rotatable bonds is 1. The predicted octanol–water partition coefficient (Wildman–Crippen LogP) is 2.00. The van der Waals surface area contributed by atoms with Crippen LogP contribution in [0.15, 0.2) is 6.07 Å². The van der Waals surface area contributed by atoms with Crippen molar-refractivity contribution in [1.82, 2.24) is 4.98 Å². The highest BCUT2D eigenvalue weighted by Gasteiger charge is 2.08. The molecule has 72 valence electrons. The minimum Gasteiger partial charge on any atom is -0.465 e. The van der Waals surface area contributed by atoms with Crippen LogP contribution >= 0.6 is 11.6 Å². The first kappa shape index (κ1) is 10.3. The van der Waals surface area contributed by atoms with Crippen LogP contribution in [0.5, 0.6) is 0 Å². The van der Waals surface area contributed by atoms with Gasteiger partial charge in [-0.2, -0.15) is 5.26 Å². The largest absolute Gasteiger partial charge is 0.465 e. The fraction of sp³-hybridized carbons (Fsp3) is 0.125. The topological polar surface area (TPSA) is 86.0 Å². The van der Waals surface area contributed by atoms with Crippen LogP contribution in [-0.2, 0) is 0 Å². The van der Waals surface area contributed by atoms with Crippen molar-refractivity contribution in [3.05, 3.63) is 22.3 Å². The third-order valence-corrected chi connectivity index (χ3v) is 1.79. The smallest absolute Gasteiger partial charge is 0.410 e. The average molecular weight is 212 g/mol. The number of hydrogen-bond donors (Lipinski definition) is 2. The zero-order chi connectivity index (χ0) is 10.7. The minimum atomic E-state index is -1.22. The number of aryl methyl sites for hydroxylation is 1. The Bertz CT molecular complexity index is 402. The van der Waals surface area contributed by atoms with Crippen LogP contribution in [0.4, 0.5) is 10.6 Å². The van der Waals surface area contributed by atoms with Crippen molar-refractivity contribution in [1.29, 1.82) is 5.26 Å². The van der Waals surface area contributed by atoms with Crippen molar-refractivity contribution in [2.24, 2.45) is 0 Å². The van der Waals surface area contributed by atoms with Crippen LogP contribution in [0.25, 0.3) is 0 Å². The maximum absolute atomic E-state index is 10.3. The van der Waals surface area contributed by atoms with E-state index in [2.05, 4.69) is 4.98 Å². The summed E-state index contributed by atoms with van der Waals surface area (Å²) in [5.41, 5.74) is 0.832. The molecule has 0 bridgehead atoms. The third kappa shape index (κ3) is 2.12. The summed E-state index contributed by atoms with van der Waals surface area (Å²) in [7, 11) is 0. The quantitative estimate of drug-likeness (QED) is 0.696. The van der Waals surface area contributed by atoms with Gasteiger partial charge in [-0.25, -0.2) is 9.78 Å². The number of halogens is 1. The van der Waals surface area contributed by atoms with Crippen LogP contribution in [0, 0.1) is 18.3 Å². The van der Waals surface area contributed by atoms with Crippen molar-refractivity contribution >= 4 is 23.5 Å². The Hall–Kier alpha value is -1.80. The lowest BCUT2D eigenvalue weighted by atomic mass is 10.2. The van der Waals surface area contributed by atoms with Gasteiger partial charge in [0.1, 0.15) is 17.0 Å². The van der Waals surface area contributed by atoms with Gasteiger partial charge in [0.25, 0.3) is 0 Å². The molecule has 5 nitrogen and oxygen atoms in total. The molecule has 1 aromatic heterocycles. The Balaban J connectivity index is 3.15. The second kappa shape index (κ2) is 3.94. The van der Waals surface area contributed by atoms with Gasteiger partial charge in [-0.05, 0) is 18.6 Å². The fourth-order valence-corrected chi connectivity index (χ4v) is 1.22. The number of carbonyl (C=O) groups is 1. The molecule has 0 fully saturated rings. The molecule has 1 rings (SSSR count). The minimum absolute atomic E-state index is 0.00347. The summed E-state index contributed by atoms with van der Waals surface area (Å²) in [5, 5.41) is 19.1. The first-order valence-electron chi connectivity index (χ1n) is 3.61. The van der Waals surface area contributed by atoms with Gasteiger partial charge in [0.2, 0.25) is 0 Å². The molecule has 0 radical (unpaired) electrons. The molecule has 6 heteroatoms. The fourth-order valence-electron chi connectivity index (χ4n) is 0.942. The Labute approximate surface area is 84.9 Å². The van der Waals surface area contributed by atoms with Gasteiger partial charge < -0.3 is 5.11 Å². The molecule has 0 spiro atoms. The van der Waals surface area contributed by atoms with E-state index in [0.29, 0.717) is 5.56 Å². The molecule has 1 heterocycles. The van der Waals surface area contributed by atoms with E-state index in [9.17, 15) is 4.79 Å². The van der Waals surface area contributed by atoms with Gasteiger partial charge in [0.15, 0.2) is 0 Å². The lowest BCUT2D eigenvalue weighted by Gasteiger charge is -2.04. The highest BCUT2D eigenvalue weighted by Crippen LogP contribution is 2.19. The number of nitrogens with zero attached hydrogens (tertiary/aromatic N) is 2. The van der Waals surface area contributed by atoms with Crippen LogP contribution in [0.3, 0.4) is 0 Å². The van der Waals surface area contributed by atoms with Crippen LogP contribution in [-0.4, -0.2) is 16.2 Å². The standard InChI is InChI=1S/C8H6ClN3O2/c1-4-2-6(12-8(13)14)11-7(9)5(4)3-10/h2H,1H3,(H,11,12)(H,13,14). The number of aromatic nitrogens is 1. The number of carboxylic acid groups (broad SMARTS) is 1. The van der Waals surface area contributed by atoms with Gasteiger partial charge in [-0.3, -0.25) is 5.32 Å². The molecule has 0 saturated heterocycles. The predicted molar refractivity (Wildman–Crippen MR) is 50.3 cm³/mol. The SMILES string of the molecule is Cc1cc(NC(=O)O)nc(Cl)c1C#N. The highest BCUT2D eigenvalue weighted by atomic mass is 35.5. The number of amides is 1. The van der Waals surface area contributed by atoms with Crippen molar-refractivity contribution in [2.45, 2.75) is 6.92 Å². The number of nitriles is 1. The van der Waals surface area contributed by atoms with Crippen molar-refractivity contribution in [3.8, 4) is 6.07 Å². The zero-order valence-electron chi connectivity index (χ0n) is 7.21. The van der Waals surface area contributed by atoms with E-state index in [-0.39, 0.29) is 16.5 Å². The molecule has 14 heavy (non-hydrogen) atoms. The van der Waals surface area contributed by atoms with Crippen molar-refractivity contribution < 1.29 is 9.90 Å². The maximum Gasteiger partial charge on any atom is 0.410 e. The van der Waals surface area contributed by atoms with E-state index < -0.39 is 6.09 Å². The van der Waals surface area contributed by atoms with E-state index >= 15 is 0 Å². The summed E-state index contributed by atoms with van der Waals surface area (Å²) >= 11 is 5.65. The Morgan fingerprint density at radius 3 is 2.86 bits per heavy atom. The van der Waals surface area contributed by atoms with E-state index in [1.54, 1.807) is 6.92 Å². The van der Waals surface area contributed by atoms with Crippen LogP contribution in [0.1, 0.15) is 11.1 Å². The van der Waals surface area contributed by atoms with Crippen LogP contribution in [0.2, 0.25) is 5.15 Å². The molecular weight excluding hydrogens is 206 g/mol. The van der Waals surface area contributed by atoms with E-state index in [1.165, 1.54) is 6.07 Å². The van der Waals surface area contributed by atoms with Gasteiger partial charge in [0.05, 0.1) is 5.56 Å². The molecule has 0 saturated carbocycles. The van der Waals surface area contributed by atoms with Gasteiger partial charge in [0, 0.05) is 0 Å². The molecule has 0 unspecified atom stereocenters. The van der Waals surface area contributed by atoms with E-state index in [0.717, 1.165) is 0 Å². The molecule has 1 amide bonds. The van der Waals surface area contributed by atoms with Crippen molar-refractivity contribution in [2.75, 3.05) is 5.32 Å². The summed E-state index contributed by atoms with van der Waals surface area (Å²) in [5.74, 6) is 0.110. The normalized spacial score (nSPS) is 9.21. The second-order valence-corrected chi connectivity index (χ2v) is 2.89. The molecule has 1 aromatic rings. The molecule has 0 aliphatic heterocycles. The molecule has 0 aliphatic carbocycles. The van der Waals surface area contributed by atoms with E-state index in [1.807, 2.05) is 11.4 Å². The summed E-state index contributed by atoms with van der Waals surface area (Å²) in [4.78, 5) is 14.0. The average Bonchev–Trinajstić information content (AvgIpc) is 2.01. The lowest BCUT2D eigenvalue weighted by molar-refractivity contribution is 0.209. The number of hydrogen-bond acceptors (Lipinski definition) is 3. The second-order valence-electron chi connectivity index (χ2n) is 2.53. The zero-order valence-corrected chi connectivity index (χ0v) is 7.96. The summed E-state index contributed by atoms with van der Waals surface area (Å²) in [6, 6.07) is 3.32. The summed E-state index contributed by atoms with van der Waals surface area (Å²) in [6.45, 7) is 1.65. The lowest BCUT2D eigenvalue weighted by Crippen LogP contribution is -2.09. The molecule has 0 aromatic carbocycles. The number of anilines is 1. The maximum atomic E-state index is 10.3.